The third kappa shape index (κ3) is 6.17. The van der Waals surface area contributed by atoms with Gasteiger partial charge in [0.25, 0.3) is 0 Å². The highest BCUT2D eigenvalue weighted by atomic mass is 15.2. The first-order valence-corrected chi connectivity index (χ1v) is 9.60. The van der Waals surface area contributed by atoms with Gasteiger partial charge >= 0.3 is 0 Å². The number of nitrogens with zero attached hydrogens (tertiary/aromatic N) is 3. The van der Waals surface area contributed by atoms with Crippen molar-refractivity contribution in [2.24, 2.45) is 23.9 Å². The largest absolute Gasteiger partial charge is 0.357 e. The Bertz CT molecular complexity index is 498. The smallest absolute Gasteiger partial charge is 0.191 e. The van der Waals surface area contributed by atoms with Gasteiger partial charge in [0.05, 0.1) is 6.20 Å². The predicted octanol–water partition coefficient (Wildman–Crippen LogP) is 3.12. The highest BCUT2D eigenvalue weighted by molar-refractivity contribution is 5.80. The Balaban J connectivity index is 1.74. The van der Waals surface area contributed by atoms with E-state index < -0.39 is 0 Å². The van der Waals surface area contributed by atoms with Gasteiger partial charge in [0, 0.05) is 32.4 Å². The van der Waals surface area contributed by atoms with Crippen LogP contribution in [0.1, 0.15) is 58.4 Å². The minimum absolute atomic E-state index is 0.580. The molecule has 0 aromatic carbocycles. The fraction of sp³-hybridized carbons (Fsp3) is 0.789. The Morgan fingerprint density at radius 3 is 2.67 bits per heavy atom. The lowest BCUT2D eigenvalue weighted by Gasteiger charge is -2.32. The summed E-state index contributed by atoms with van der Waals surface area (Å²) in [7, 11) is 1.96. The number of guanidine groups is 1. The second-order valence-electron chi connectivity index (χ2n) is 7.39. The van der Waals surface area contributed by atoms with E-state index in [1.807, 2.05) is 17.9 Å². The average molecular weight is 334 g/mol. The van der Waals surface area contributed by atoms with Crippen molar-refractivity contribution < 1.29 is 0 Å². The number of nitrogens with one attached hydrogen (secondary N) is 2. The van der Waals surface area contributed by atoms with Gasteiger partial charge in [-0.15, -0.1) is 0 Å². The monoisotopic (exact) mass is 333 g/mol. The number of aryl methyl sites for hydroxylation is 2. The highest BCUT2D eigenvalue weighted by Gasteiger charge is 2.23. The van der Waals surface area contributed by atoms with Crippen LogP contribution >= 0.6 is 0 Å². The average Bonchev–Trinajstić information content (AvgIpc) is 2.97. The van der Waals surface area contributed by atoms with E-state index in [0.717, 1.165) is 43.7 Å². The third-order valence-corrected chi connectivity index (χ3v) is 5.05. The molecule has 1 aromatic rings. The molecule has 2 rings (SSSR count). The highest BCUT2D eigenvalue weighted by Crippen LogP contribution is 2.29. The summed E-state index contributed by atoms with van der Waals surface area (Å²) in [5.41, 5.74) is 1.29. The third-order valence-electron chi connectivity index (χ3n) is 5.05. The van der Waals surface area contributed by atoms with Crippen LogP contribution in [0.25, 0.3) is 0 Å². The lowest BCUT2D eigenvalue weighted by molar-refractivity contribution is 0.250. The summed E-state index contributed by atoms with van der Waals surface area (Å²) >= 11 is 0. The number of hydrogen-bond acceptors (Lipinski definition) is 2. The topological polar surface area (TPSA) is 54.2 Å². The quantitative estimate of drug-likeness (QED) is 0.458. The van der Waals surface area contributed by atoms with E-state index in [9.17, 15) is 0 Å². The van der Waals surface area contributed by atoms with Gasteiger partial charge in [0.1, 0.15) is 0 Å². The molecule has 5 nitrogen and oxygen atoms in total. The van der Waals surface area contributed by atoms with Gasteiger partial charge in [-0.1, -0.05) is 13.8 Å². The Kier molecular flexibility index (Phi) is 7.60. The van der Waals surface area contributed by atoms with Gasteiger partial charge in [-0.3, -0.25) is 9.67 Å². The Labute approximate surface area is 147 Å². The van der Waals surface area contributed by atoms with Crippen LogP contribution in [0, 0.1) is 11.8 Å². The van der Waals surface area contributed by atoms with Crippen molar-refractivity contribution in [2.75, 3.05) is 13.1 Å². The van der Waals surface area contributed by atoms with Crippen molar-refractivity contribution in [2.45, 2.75) is 65.3 Å². The van der Waals surface area contributed by atoms with Crippen LogP contribution in [0.5, 0.6) is 0 Å². The summed E-state index contributed by atoms with van der Waals surface area (Å²) in [6.07, 6.45) is 11.3. The number of aliphatic imine (C=N–C) groups is 1. The van der Waals surface area contributed by atoms with Crippen molar-refractivity contribution in [3.8, 4) is 0 Å². The summed E-state index contributed by atoms with van der Waals surface area (Å²) in [5, 5.41) is 11.2. The van der Waals surface area contributed by atoms with E-state index in [2.05, 4.69) is 42.7 Å². The molecule has 1 aromatic heterocycles. The first-order chi connectivity index (χ1) is 11.6. The van der Waals surface area contributed by atoms with Crippen molar-refractivity contribution in [1.29, 1.82) is 0 Å². The molecule has 136 valence electrons. The van der Waals surface area contributed by atoms with Gasteiger partial charge < -0.3 is 10.6 Å². The van der Waals surface area contributed by atoms with Crippen molar-refractivity contribution in [1.82, 2.24) is 20.4 Å². The van der Waals surface area contributed by atoms with Crippen LogP contribution in [-0.2, 0) is 13.5 Å². The molecule has 1 saturated carbocycles. The Morgan fingerprint density at radius 2 is 2.08 bits per heavy atom. The molecule has 0 aliphatic heterocycles. The molecule has 0 radical (unpaired) electrons. The minimum atomic E-state index is 0.580. The summed E-state index contributed by atoms with van der Waals surface area (Å²) in [5.74, 6) is 2.71. The second kappa shape index (κ2) is 9.70. The van der Waals surface area contributed by atoms with Crippen LogP contribution < -0.4 is 10.6 Å². The maximum atomic E-state index is 4.75. The maximum absolute atomic E-state index is 4.75. The molecule has 1 aliphatic rings. The molecule has 0 amide bonds. The van der Waals surface area contributed by atoms with Crippen LogP contribution in [0.3, 0.4) is 0 Å². The van der Waals surface area contributed by atoms with Gasteiger partial charge in [-0.25, -0.2) is 0 Å². The Morgan fingerprint density at radius 1 is 1.33 bits per heavy atom. The number of aromatic nitrogens is 2. The van der Waals surface area contributed by atoms with Crippen molar-refractivity contribution >= 4 is 5.96 Å². The first-order valence-electron chi connectivity index (χ1n) is 9.60. The van der Waals surface area contributed by atoms with Crippen LogP contribution in [0.4, 0.5) is 0 Å². The number of hydrogen-bond donors (Lipinski definition) is 2. The van der Waals surface area contributed by atoms with E-state index in [-0.39, 0.29) is 0 Å². The molecule has 0 atom stereocenters. The molecule has 0 unspecified atom stereocenters. The molecule has 2 N–H and O–H groups in total. The first kappa shape index (κ1) is 18.8. The molecular weight excluding hydrogens is 298 g/mol. The lowest BCUT2D eigenvalue weighted by atomic mass is 9.80. The minimum Gasteiger partial charge on any atom is -0.357 e. The summed E-state index contributed by atoms with van der Waals surface area (Å²) in [4.78, 5) is 4.75. The van der Waals surface area contributed by atoms with E-state index in [0.29, 0.717) is 6.04 Å². The normalized spacial score (nSPS) is 22.0. The lowest BCUT2D eigenvalue weighted by Crippen LogP contribution is -2.45. The van der Waals surface area contributed by atoms with Crippen molar-refractivity contribution in [3.63, 3.8) is 0 Å². The molecule has 5 heteroatoms. The van der Waals surface area contributed by atoms with E-state index in [1.54, 1.807) is 0 Å². The van der Waals surface area contributed by atoms with Gasteiger partial charge in [0.15, 0.2) is 5.96 Å². The van der Waals surface area contributed by atoms with Crippen LogP contribution in [0.2, 0.25) is 0 Å². The van der Waals surface area contributed by atoms with E-state index >= 15 is 0 Å². The molecular formula is C19H35N5. The van der Waals surface area contributed by atoms with Crippen molar-refractivity contribution in [3.05, 3.63) is 18.0 Å². The van der Waals surface area contributed by atoms with Crippen LogP contribution in [-0.4, -0.2) is 34.9 Å². The zero-order valence-electron chi connectivity index (χ0n) is 15.9. The van der Waals surface area contributed by atoms with E-state index in [1.165, 1.54) is 31.2 Å². The van der Waals surface area contributed by atoms with E-state index in [4.69, 9.17) is 4.99 Å². The Hall–Kier alpha value is -1.52. The van der Waals surface area contributed by atoms with Crippen LogP contribution in [0.15, 0.2) is 17.4 Å². The molecule has 24 heavy (non-hydrogen) atoms. The molecule has 1 aliphatic carbocycles. The summed E-state index contributed by atoms with van der Waals surface area (Å²) in [6.45, 7) is 8.60. The summed E-state index contributed by atoms with van der Waals surface area (Å²) in [6, 6.07) is 0.580. The molecule has 0 saturated heterocycles. The number of rotatable bonds is 7. The second-order valence-corrected chi connectivity index (χ2v) is 7.39. The van der Waals surface area contributed by atoms with Gasteiger partial charge in [0.2, 0.25) is 0 Å². The van der Waals surface area contributed by atoms with Gasteiger partial charge in [-0.2, -0.15) is 5.10 Å². The molecule has 0 bridgehead atoms. The molecule has 1 fully saturated rings. The molecule has 1 heterocycles. The predicted molar refractivity (Wildman–Crippen MR) is 101 cm³/mol. The zero-order chi connectivity index (χ0) is 17.4. The summed E-state index contributed by atoms with van der Waals surface area (Å²) < 4.78 is 1.86. The fourth-order valence-corrected chi connectivity index (χ4v) is 3.52. The zero-order valence-corrected chi connectivity index (χ0v) is 15.9. The molecule has 0 spiro atoms. The SMILES string of the molecule is CCNC(=NCCCc1cnn(C)c1)NC1CCC(C(C)C)CC1. The van der Waals surface area contributed by atoms with Gasteiger partial charge in [-0.05, 0) is 62.8 Å². The maximum Gasteiger partial charge on any atom is 0.191 e. The standard InChI is InChI=1S/C19H35N5/c1-5-20-19(21-12-6-7-16-13-22-24(4)14-16)23-18-10-8-17(9-11-18)15(2)3/h13-15,17-18H,5-12H2,1-4H3,(H2,20,21,23). The fourth-order valence-electron chi connectivity index (χ4n) is 3.52.